The molecule has 1 aromatic carbocycles. The smallest absolute Gasteiger partial charge is 0.150 e. The van der Waals surface area contributed by atoms with Crippen LogP contribution < -0.4 is 0 Å². The van der Waals surface area contributed by atoms with Gasteiger partial charge in [0.1, 0.15) is 6.29 Å². The lowest BCUT2D eigenvalue weighted by molar-refractivity contribution is 0.112. The fourth-order valence-corrected chi connectivity index (χ4v) is 1.14. The first-order chi connectivity index (χ1) is 5.77. The third kappa shape index (κ3) is 1.94. The summed E-state index contributed by atoms with van der Waals surface area (Å²) in [6, 6.07) is 7.79. The summed E-state index contributed by atoms with van der Waals surface area (Å²) in [7, 11) is 0. The zero-order valence-corrected chi connectivity index (χ0v) is 7.58. The summed E-state index contributed by atoms with van der Waals surface area (Å²) in [5.41, 5.74) is 2.06. The van der Waals surface area contributed by atoms with Gasteiger partial charge in [0.25, 0.3) is 0 Å². The molecule has 12 heavy (non-hydrogen) atoms. The van der Waals surface area contributed by atoms with E-state index in [1.165, 1.54) is 5.56 Å². The number of aldehydes is 1. The Morgan fingerprint density at radius 2 is 1.92 bits per heavy atom. The third-order valence-corrected chi connectivity index (χ3v) is 2.25. The van der Waals surface area contributed by atoms with Crippen molar-refractivity contribution in [2.24, 2.45) is 0 Å². The maximum Gasteiger partial charge on any atom is 0.150 e. The molecule has 1 rings (SSSR count). The van der Waals surface area contributed by atoms with Crippen molar-refractivity contribution >= 4 is 6.29 Å². The first-order valence-corrected chi connectivity index (χ1v) is 4.33. The second kappa shape index (κ2) is 4.05. The predicted molar refractivity (Wildman–Crippen MR) is 50.5 cm³/mol. The van der Waals surface area contributed by atoms with Crippen LogP contribution in [-0.2, 0) is 0 Å². The lowest BCUT2D eigenvalue weighted by atomic mass is 9.98. The number of benzene rings is 1. The van der Waals surface area contributed by atoms with Crippen LogP contribution in [0.1, 0.15) is 42.1 Å². The van der Waals surface area contributed by atoms with Gasteiger partial charge in [0.05, 0.1) is 0 Å². The van der Waals surface area contributed by atoms with Gasteiger partial charge in [-0.05, 0) is 17.9 Å². The number of carbonyl (C=O) groups is 1. The van der Waals surface area contributed by atoms with E-state index in [9.17, 15) is 4.79 Å². The van der Waals surface area contributed by atoms with Crippen LogP contribution in [-0.4, -0.2) is 6.29 Å². The molecule has 64 valence electrons. The molecule has 0 aliphatic carbocycles. The van der Waals surface area contributed by atoms with E-state index in [1.54, 1.807) is 0 Å². The molecular weight excluding hydrogens is 148 g/mol. The molecule has 0 aliphatic rings. The molecule has 0 aliphatic heterocycles. The number of hydrogen-bond donors (Lipinski definition) is 0. The van der Waals surface area contributed by atoms with Crippen LogP contribution in [0.25, 0.3) is 0 Å². The van der Waals surface area contributed by atoms with Crippen LogP contribution in [0.4, 0.5) is 0 Å². The lowest BCUT2D eigenvalue weighted by Crippen LogP contribution is -1.91. The molecular formula is C11H14O. The van der Waals surface area contributed by atoms with Gasteiger partial charge < -0.3 is 0 Å². The first kappa shape index (κ1) is 8.98. The zero-order chi connectivity index (χ0) is 8.97. The highest BCUT2D eigenvalue weighted by Gasteiger charge is 2.01. The molecule has 0 saturated carbocycles. The Bertz CT molecular complexity index is 248. The van der Waals surface area contributed by atoms with Crippen LogP contribution >= 0.6 is 0 Å². The van der Waals surface area contributed by atoms with E-state index in [4.69, 9.17) is 0 Å². The topological polar surface area (TPSA) is 17.1 Å². The van der Waals surface area contributed by atoms with Gasteiger partial charge in [-0.25, -0.2) is 0 Å². The highest BCUT2D eigenvalue weighted by molar-refractivity contribution is 5.74. The van der Waals surface area contributed by atoms with Crippen LogP contribution in [0.15, 0.2) is 24.3 Å². The Morgan fingerprint density at radius 3 is 2.33 bits per heavy atom. The van der Waals surface area contributed by atoms with E-state index >= 15 is 0 Å². The van der Waals surface area contributed by atoms with E-state index in [0.717, 1.165) is 18.3 Å². The maximum absolute atomic E-state index is 10.4. The van der Waals surface area contributed by atoms with Crippen LogP contribution in [0.2, 0.25) is 0 Å². The molecule has 1 atom stereocenters. The largest absolute Gasteiger partial charge is 0.298 e. The molecule has 0 heterocycles. The van der Waals surface area contributed by atoms with E-state index in [2.05, 4.69) is 13.8 Å². The molecule has 0 amide bonds. The molecule has 0 radical (unpaired) electrons. The summed E-state index contributed by atoms with van der Waals surface area (Å²) in [6.07, 6.45) is 2.01. The molecule has 1 nitrogen and oxygen atoms in total. The maximum atomic E-state index is 10.4. The minimum Gasteiger partial charge on any atom is -0.298 e. The van der Waals surface area contributed by atoms with Gasteiger partial charge in [0.2, 0.25) is 0 Å². The van der Waals surface area contributed by atoms with Gasteiger partial charge >= 0.3 is 0 Å². The van der Waals surface area contributed by atoms with E-state index in [1.807, 2.05) is 24.3 Å². The normalized spacial score (nSPS) is 12.5. The summed E-state index contributed by atoms with van der Waals surface area (Å²) >= 11 is 0. The van der Waals surface area contributed by atoms with Gasteiger partial charge in [-0.15, -0.1) is 0 Å². The number of rotatable bonds is 3. The first-order valence-electron chi connectivity index (χ1n) is 4.33. The standard InChI is InChI=1S/C11H14O/c1-3-9(2)11-6-4-10(8-12)5-7-11/h4-9H,3H2,1-2H3. The fourth-order valence-electron chi connectivity index (χ4n) is 1.14. The average molecular weight is 162 g/mol. The number of hydrogen-bond acceptors (Lipinski definition) is 1. The van der Waals surface area contributed by atoms with Crippen molar-refractivity contribution < 1.29 is 4.79 Å². The Balaban J connectivity index is 2.84. The van der Waals surface area contributed by atoms with Crippen molar-refractivity contribution in [2.75, 3.05) is 0 Å². The summed E-state index contributed by atoms with van der Waals surface area (Å²) in [5, 5.41) is 0. The molecule has 1 heteroatoms. The SMILES string of the molecule is CCC(C)c1ccc(C=O)cc1. The van der Waals surface area contributed by atoms with Gasteiger partial charge in [-0.3, -0.25) is 4.79 Å². The predicted octanol–water partition coefficient (Wildman–Crippen LogP) is 3.01. The van der Waals surface area contributed by atoms with Gasteiger partial charge in [-0.2, -0.15) is 0 Å². The van der Waals surface area contributed by atoms with Crippen LogP contribution in [0.5, 0.6) is 0 Å². The second-order valence-electron chi connectivity index (χ2n) is 3.09. The highest BCUT2D eigenvalue weighted by atomic mass is 16.1. The van der Waals surface area contributed by atoms with Gasteiger partial charge in [0, 0.05) is 5.56 Å². The second-order valence-corrected chi connectivity index (χ2v) is 3.09. The van der Waals surface area contributed by atoms with Gasteiger partial charge in [-0.1, -0.05) is 38.1 Å². The summed E-state index contributed by atoms with van der Waals surface area (Å²) in [4.78, 5) is 10.4. The quantitative estimate of drug-likeness (QED) is 0.624. The van der Waals surface area contributed by atoms with Crippen molar-refractivity contribution in [3.63, 3.8) is 0 Å². The van der Waals surface area contributed by atoms with Crippen LogP contribution in [0, 0.1) is 0 Å². The zero-order valence-electron chi connectivity index (χ0n) is 7.58. The summed E-state index contributed by atoms with van der Waals surface area (Å²) in [5.74, 6) is 0.589. The van der Waals surface area contributed by atoms with E-state index < -0.39 is 0 Å². The fraction of sp³-hybridized carbons (Fsp3) is 0.364. The summed E-state index contributed by atoms with van der Waals surface area (Å²) < 4.78 is 0. The van der Waals surface area contributed by atoms with Gasteiger partial charge in [0.15, 0.2) is 0 Å². The minimum absolute atomic E-state index is 0.589. The number of carbonyl (C=O) groups excluding carboxylic acids is 1. The molecule has 1 aromatic rings. The Morgan fingerprint density at radius 1 is 1.33 bits per heavy atom. The minimum atomic E-state index is 0.589. The van der Waals surface area contributed by atoms with Crippen LogP contribution in [0.3, 0.4) is 0 Å². The van der Waals surface area contributed by atoms with Crippen molar-refractivity contribution in [2.45, 2.75) is 26.2 Å². The molecule has 0 fully saturated rings. The molecule has 1 unspecified atom stereocenters. The van der Waals surface area contributed by atoms with Crippen molar-refractivity contribution in [3.8, 4) is 0 Å². The average Bonchev–Trinajstić information content (AvgIpc) is 2.17. The monoisotopic (exact) mass is 162 g/mol. The Labute approximate surface area is 73.4 Å². The molecule has 0 spiro atoms. The highest BCUT2D eigenvalue weighted by Crippen LogP contribution is 2.18. The van der Waals surface area contributed by atoms with Crippen molar-refractivity contribution in [1.29, 1.82) is 0 Å². The molecule has 0 bridgehead atoms. The van der Waals surface area contributed by atoms with E-state index in [-0.39, 0.29) is 0 Å². The van der Waals surface area contributed by atoms with E-state index in [0.29, 0.717) is 5.92 Å². The Hall–Kier alpha value is -1.11. The lowest BCUT2D eigenvalue weighted by Gasteiger charge is -2.07. The molecule has 0 aromatic heterocycles. The molecule has 0 saturated heterocycles. The Kier molecular flexibility index (Phi) is 3.03. The molecule has 0 N–H and O–H groups in total. The van der Waals surface area contributed by atoms with Crippen molar-refractivity contribution in [3.05, 3.63) is 35.4 Å². The summed E-state index contributed by atoms with van der Waals surface area (Å²) in [6.45, 7) is 4.36. The third-order valence-electron chi connectivity index (χ3n) is 2.25. The van der Waals surface area contributed by atoms with Crippen molar-refractivity contribution in [1.82, 2.24) is 0 Å².